The van der Waals surface area contributed by atoms with E-state index in [0.717, 1.165) is 11.3 Å². The van der Waals surface area contributed by atoms with Gasteiger partial charge >= 0.3 is 0 Å². The molecule has 0 saturated heterocycles. The molecule has 29 heavy (non-hydrogen) atoms. The molecule has 0 saturated carbocycles. The Hall–Kier alpha value is -4.00. The van der Waals surface area contributed by atoms with Crippen LogP contribution in [0.15, 0.2) is 77.5 Å². The number of nitrogens with one attached hydrogen (secondary N) is 1. The Kier molecular flexibility index (Phi) is 5.03. The first-order valence-corrected chi connectivity index (χ1v) is 8.76. The van der Waals surface area contributed by atoms with Gasteiger partial charge in [-0.1, -0.05) is 12.1 Å². The summed E-state index contributed by atoms with van der Waals surface area (Å²) in [4.78, 5) is 20.8. The van der Waals surface area contributed by atoms with Crippen molar-refractivity contribution >= 4 is 11.7 Å². The number of benzene rings is 2. The number of halogens is 1. The van der Waals surface area contributed by atoms with Crippen LogP contribution in [0.2, 0.25) is 0 Å². The highest BCUT2D eigenvalue weighted by molar-refractivity contribution is 6.02. The number of anilines is 1. The van der Waals surface area contributed by atoms with Crippen molar-refractivity contribution in [1.82, 2.24) is 9.97 Å². The SMILES string of the molecule is COc1ccc(-c2cc(NC(=O)c3ccc(-c4ccccc4F)o3)ncn2)cc1. The van der Waals surface area contributed by atoms with Crippen LogP contribution in [0.5, 0.6) is 5.75 Å². The van der Waals surface area contributed by atoms with Gasteiger partial charge in [-0.2, -0.15) is 0 Å². The number of methoxy groups -OCH3 is 1. The summed E-state index contributed by atoms with van der Waals surface area (Å²) >= 11 is 0. The van der Waals surface area contributed by atoms with Crippen molar-refractivity contribution in [3.63, 3.8) is 0 Å². The highest BCUT2D eigenvalue weighted by Gasteiger charge is 2.15. The van der Waals surface area contributed by atoms with Gasteiger partial charge in [-0.15, -0.1) is 0 Å². The maximum atomic E-state index is 13.9. The summed E-state index contributed by atoms with van der Waals surface area (Å²) in [5.41, 5.74) is 1.78. The quantitative estimate of drug-likeness (QED) is 0.530. The van der Waals surface area contributed by atoms with Crippen LogP contribution in [0.4, 0.5) is 10.2 Å². The number of hydrogen-bond donors (Lipinski definition) is 1. The molecule has 0 spiro atoms. The Morgan fingerprint density at radius 3 is 2.59 bits per heavy atom. The average molecular weight is 389 g/mol. The van der Waals surface area contributed by atoms with E-state index in [4.69, 9.17) is 9.15 Å². The molecule has 2 aromatic carbocycles. The number of furan rings is 1. The summed E-state index contributed by atoms with van der Waals surface area (Å²) in [6.07, 6.45) is 1.36. The Bertz CT molecular complexity index is 1160. The van der Waals surface area contributed by atoms with Crippen LogP contribution in [0.25, 0.3) is 22.6 Å². The van der Waals surface area contributed by atoms with Gasteiger partial charge in [0.2, 0.25) is 0 Å². The van der Waals surface area contributed by atoms with Crippen LogP contribution in [-0.2, 0) is 0 Å². The van der Waals surface area contributed by atoms with E-state index in [2.05, 4.69) is 15.3 Å². The summed E-state index contributed by atoms with van der Waals surface area (Å²) in [5.74, 6) is 0.461. The third-order valence-corrected chi connectivity index (χ3v) is 4.26. The van der Waals surface area contributed by atoms with Crippen LogP contribution in [0.1, 0.15) is 10.6 Å². The Morgan fingerprint density at radius 2 is 1.83 bits per heavy atom. The van der Waals surface area contributed by atoms with Gasteiger partial charge in [0.15, 0.2) is 5.76 Å². The molecule has 0 unspecified atom stereocenters. The Labute approximate surface area is 166 Å². The first-order valence-electron chi connectivity index (χ1n) is 8.76. The fraction of sp³-hybridized carbons (Fsp3) is 0.0455. The molecule has 144 valence electrons. The molecule has 0 aliphatic carbocycles. The standard InChI is InChI=1S/C22H16FN3O3/c1-28-15-8-6-14(7-9-15)18-12-21(25-13-24-18)26-22(27)20-11-10-19(29-20)16-4-2-3-5-17(16)23/h2-13H,1H3,(H,24,25,26,27). The highest BCUT2D eigenvalue weighted by Crippen LogP contribution is 2.26. The van der Waals surface area contributed by atoms with Crippen molar-refractivity contribution < 1.29 is 18.3 Å². The van der Waals surface area contributed by atoms with Crippen molar-refractivity contribution in [1.29, 1.82) is 0 Å². The van der Waals surface area contributed by atoms with Gasteiger partial charge in [0.1, 0.15) is 29.5 Å². The lowest BCUT2D eigenvalue weighted by molar-refractivity contribution is 0.0997. The molecule has 0 atom stereocenters. The van der Waals surface area contributed by atoms with Crippen LogP contribution in [0.3, 0.4) is 0 Å². The lowest BCUT2D eigenvalue weighted by Crippen LogP contribution is -2.12. The number of rotatable bonds is 5. The number of carbonyl (C=O) groups excluding carboxylic acids is 1. The number of carbonyl (C=O) groups is 1. The number of amides is 1. The monoisotopic (exact) mass is 389 g/mol. The van der Waals surface area contributed by atoms with E-state index in [0.29, 0.717) is 11.5 Å². The van der Waals surface area contributed by atoms with Gasteiger partial charge in [-0.25, -0.2) is 14.4 Å². The third-order valence-electron chi connectivity index (χ3n) is 4.26. The lowest BCUT2D eigenvalue weighted by Gasteiger charge is -2.06. The van der Waals surface area contributed by atoms with Gasteiger partial charge in [0.25, 0.3) is 5.91 Å². The Balaban J connectivity index is 1.52. The van der Waals surface area contributed by atoms with E-state index in [-0.39, 0.29) is 17.1 Å². The molecular formula is C22H16FN3O3. The normalized spacial score (nSPS) is 10.6. The number of nitrogens with zero attached hydrogens (tertiary/aromatic N) is 2. The van der Waals surface area contributed by atoms with E-state index in [1.54, 1.807) is 37.4 Å². The van der Waals surface area contributed by atoms with Crippen molar-refractivity contribution in [2.45, 2.75) is 0 Å². The van der Waals surface area contributed by atoms with Crippen LogP contribution >= 0.6 is 0 Å². The third kappa shape index (κ3) is 3.98. The van der Waals surface area contributed by atoms with Crippen molar-refractivity contribution in [2.75, 3.05) is 12.4 Å². The van der Waals surface area contributed by atoms with Crippen LogP contribution < -0.4 is 10.1 Å². The van der Waals surface area contributed by atoms with Gasteiger partial charge in [0.05, 0.1) is 18.4 Å². The van der Waals surface area contributed by atoms with Crippen LogP contribution in [-0.4, -0.2) is 23.0 Å². The fourth-order valence-electron chi connectivity index (χ4n) is 2.79. The first kappa shape index (κ1) is 18.4. The molecule has 4 rings (SSSR count). The topological polar surface area (TPSA) is 77.2 Å². The van der Waals surface area contributed by atoms with Crippen molar-refractivity contribution in [2.24, 2.45) is 0 Å². The zero-order chi connectivity index (χ0) is 20.2. The van der Waals surface area contributed by atoms with Gasteiger partial charge < -0.3 is 14.5 Å². The first-order chi connectivity index (χ1) is 14.1. The summed E-state index contributed by atoms with van der Waals surface area (Å²) in [7, 11) is 1.60. The number of aromatic nitrogens is 2. The molecule has 4 aromatic rings. The van der Waals surface area contributed by atoms with Crippen molar-refractivity contribution in [3.8, 4) is 28.3 Å². The Morgan fingerprint density at radius 1 is 1.03 bits per heavy atom. The van der Waals surface area contributed by atoms with E-state index in [9.17, 15) is 9.18 Å². The smallest absolute Gasteiger partial charge is 0.292 e. The second-order valence-corrected chi connectivity index (χ2v) is 6.11. The van der Waals surface area contributed by atoms with E-state index < -0.39 is 11.7 Å². The predicted octanol–water partition coefficient (Wildman–Crippen LogP) is 4.80. The van der Waals surface area contributed by atoms with Crippen LogP contribution in [0, 0.1) is 5.82 Å². The lowest BCUT2D eigenvalue weighted by atomic mass is 10.1. The minimum absolute atomic E-state index is 0.0489. The zero-order valence-electron chi connectivity index (χ0n) is 15.4. The van der Waals surface area contributed by atoms with E-state index in [1.807, 2.05) is 24.3 Å². The van der Waals surface area contributed by atoms with Gasteiger partial charge in [-0.3, -0.25) is 4.79 Å². The molecule has 6 nitrogen and oxygen atoms in total. The maximum Gasteiger partial charge on any atom is 0.292 e. The highest BCUT2D eigenvalue weighted by atomic mass is 19.1. The van der Waals surface area contributed by atoms with Crippen molar-refractivity contribution in [3.05, 3.63) is 84.6 Å². The van der Waals surface area contributed by atoms with E-state index >= 15 is 0 Å². The average Bonchev–Trinajstić information content (AvgIpc) is 3.24. The largest absolute Gasteiger partial charge is 0.497 e. The van der Waals surface area contributed by atoms with Gasteiger partial charge in [-0.05, 0) is 48.5 Å². The summed E-state index contributed by atoms with van der Waals surface area (Å²) in [6, 6.07) is 18.3. The molecule has 2 heterocycles. The summed E-state index contributed by atoms with van der Waals surface area (Å²) in [5, 5.41) is 2.67. The molecule has 1 N–H and O–H groups in total. The molecule has 0 radical (unpaired) electrons. The molecule has 7 heteroatoms. The number of hydrogen-bond acceptors (Lipinski definition) is 5. The molecular weight excluding hydrogens is 373 g/mol. The predicted molar refractivity (Wildman–Crippen MR) is 106 cm³/mol. The molecule has 0 fully saturated rings. The second kappa shape index (κ2) is 7.93. The molecule has 0 aliphatic rings. The molecule has 0 bridgehead atoms. The second-order valence-electron chi connectivity index (χ2n) is 6.11. The maximum absolute atomic E-state index is 13.9. The number of ether oxygens (including phenoxy) is 1. The molecule has 1 amide bonds. The molecule has 2 aromatic heterocycles. The summed E-state index contributed by atoms with van der Waals surface area (Å²) < 4.78 is 24.6. The van der Waals surface area contributed by atoms with Gasteiger partial charge in [0, 0.05) is 11.6 Å². The van der Waals surface area contributed by atoms with E-state index in [1.165, 1.54) is 18.5 Å². The minimum atomic E-state index is -0.494. The zero-order valence-corrected chi connectivity index (χ0v) is 15.4. The minimum Gasteiger partial charge on any atom is -0.497 e. The molecule has 0 aliphatic heterocycles. The summed E-state index contributed by atoms with van der Waals surface area (Å²) in [6.45, 7) is 0. The fourth-order valence-corrected chi connectivity index (χ4v) is 2.79.